The maximum atomic E-state index is 5.56. The molecule has 1 fully saturated rings. The van der Waals surface area contributed by atoms with E-state index < -0.39 is 9.28 Å². The standard InChI is InChI=1S/C10H22O2Si/c1-4-7-10(8-5-6-9-10)13(11-2)12-3/h13H,4-9H2,1-3H3. The van der Waals surface area contributed by atoms with Crippen LogP contribution in [0.25, 0.3) is 0 Å². The topological polar surface area (TPSA) is 18.5 Å². The van der Waals surface area contributed by atoms with Crippen LogP contribution in [0.2, 0.25) is 5.04 Å². The van der Waals surface area contributed by atoms with Gasteiger partial charge in [-0.25, -0.2) is 0 Å². The van der Waals surface area contributed by atoms with Gasteiger partial charge in [0.1, 0.15) is 0 Å². The maximum absolute atomic E-state index is 5.56. The summed E-state index contributed by atoms with van der Waals surface area (Å²) in [6, 6.07) is 0. The molecule has 0 atom stereocenters. The van der Waals surface area contributed by atoms with Crippen LogP contribution in [0.4, 0.5) is 0 Å². The molecule has 0 aromatic heterocycles. The highest BCUT2D eigenvalue weighted by molar-refractivity contribution is 6.48. The van der Waals surface area contributed by atoms with Gasteiger partial charge in [0.05, 0.1) is 0 Å². The van der Waals surface area contributed by atoms with E-state index in [4.69, 9.17) is 8.85 Å². The Morgan fingerprint density at radius 1 is 1.15 bits per heavy atom. The third-order valence-corrected chi connectivity index (χ3v) is 6.00. The molecule has 0 radical (unpaired) electrons. The van der Waals surface area contributed by atoms with Crippen molar-refractivity contribution in [2.45, 2.75) is 50.5 Å². The quantitative estimate of drug-likeness (QED) is 0.638. The van der Waals surface area contributed by atoms with Gasteiger partial charge in [-0.2, -0.15) is 0 Å². The van der Waals surface area contributed by atoms with Crippen molar-refractivity contribution in [3.8, 4) is 0 Å². The molecule has 0 heterocycles. The molecule has 0 saturated heterocycles. The van der Waals surface area contributed by atoms with Gasteiger partial charge in [-0.15, -0.1) is 0 Å². The predicted octanol–water partition coefficient (Wildman–Crippen LogP) is 2.61. The first kappa shape index (κ1) is 11.2. The molecule has 1 saturated carbocycles. The Kier molecular flexibility index (Phi) is 4.42. The van der Waals surface area contributed by atoms with Crippen molar-refractivity contribution in [3.05, 3.63) is 0 Å². The lowest BCUT2D eigenvalue weighted by molar-refractivity contribution is 0.232. The zero-order valence-electron chi connectivity index (χ0n) is 9.14. The lowest BCUT2D eigenvalue weighted by Crippen LogP contribution is -2.35. The number of hydrogen-bond acceptors (Lipinski definition) is 2. The zero-order chi connectivity index (χ0) is 9.73. The van der Waals surface area contributed by atoms with Crippen molar-refractivity contribution in [3.63, 3.8) is 0 Å². The third-order valence-electron chi connectivity index (χ3n) is 3.28. The molecule has 1 aliphatic carbocycles. The molecule has 78 valence electrons. The Hall–Kier alpha value is 0.137. The van der Waals surface area contributed by atoms with Crippen LogP contribution >= 0.6 is 0 Å². The molecule has 1 rings (SSSR count). The summed E-state index contributed by atoms with van der Waals surface area (Å²) in [5.74, 6) is 0. The summed E-state index contributed by atoms with van der Waals surface area (Å²) in [6.07, 6.45) is 7.97. The summed E-state index contributed by atoms with van der Waals surface area (Å²) in [5.41, 5.74) is 0. The second-order valence-electron chi connectivity index (χ2n) is 4.12. The van der Waals surface area contributed by atoms with Gasteiger partial charge in [0.25, 0.3) is 0 Å². The van der Waals surface area contributed by atoms with E-state index in [-0.39, 0.29) is 0 Å². The second-order valence-corrected chi connectivity index (χ2v) is 6.95. The van der Waals surface area contributed by atoms with E-state index in [1.54, 1.807) is 0 Å². The lowest BCUT2D eigenvalue weighted by Gasteiger charge is -2.33. The monoisotopic (exact) mass is 202 g/mol. The molecule has 2 nitrogen and oxygen atoms in total. The zero-order valence-corrected chi connectivity index (χ0v) is 10.3. The summed E-state index contributed by atoms with van der Waals surface area (Å²) in [6.45, 7) is 2.26. The molecule has 3 heteroatoms. The van der Waals surface area contributed by atoms with Crippen LogP contribution in [-0.4, -0.2) is 23.5 Å². The molecule has 1 aliphatic rings. The smallest absolute Gasteiger partial charge is 0.327 e. The Morgan fingerprint density at radius 2 is 1.69 bits per heavy atom. The fourth-order valence-electron chi connectivity index (χ4n) is 2.78. The van der Waals surface area contributed by atoms with Crippen molar-refractivity contribution in [1.82, 2.24) is 0 Å². The van der Waals surface area contributed by atoms with Crippen LogP contribution in [-0.2, 0) is 8.85 Å². The van der Waals surface area contributed by atoms with Crippen molar-refractivity contribution in [2.24, 2.45) is 0 Å². The SMILES string of the molecule is CCCC1([SiH](OC)OC)CCCC1. The fraction of sp³-hybridized carbons (Fsp3) is 1.00. The minimum absolute atomic E-state index is 0.457. The van der Waals surface area contributed by atoms with Gasteiger partial charge in [-0.1, -0.05) is 26.2 Å². The number of rotatable bonds is 5. The first-order chi connectivity index (χ1) is 6.29. The molecule has 0 amide bonds. The lowest BCUT2D eigenvalue weighted by atomic mass is 10.0. The normalized spacial score (nSPS) is 21.2. The van der Waals surface area contributed by atoms with E-state index in [1.807, 2.05) is 14.2 Å². The summed E-state index contributed by atoms with van der Waals surface area (Å²) >= 11 is 0. The Labute approximate surface area is 83.5 Å². The molecule has 0 bridgehead atoms. The van der Waals surface area contributed by atoms with Crippen LogP contribution in [0.3, 0.4) is 0 Å². The van der Waals surface area contributed by atoms with Gasteiger partial charge in [-0.05, 0) is 19.3 Å². The molecule has 0 aliphatic heterocycles. The minimum Gasteiger partial charge on any atom is -0.400 e. The highest BCUT2D eigenvalue weighted by Gasteiger charge is 2.43. The molecular weight excluding hydrogens is 180 g/mol. The fourth-order valence-corrected chi connectivity index (χ4v) is 5.37. The van der Waals surface area contributed by atoms with Crippen molar-refractivity contribution in [2.75, 3.05) is 14.2 Å². The van der Waals surface area contributed by atoms with E-state index in [0.717, 1.165) is 0 Å². The van der Waals surface area contributed by atoms with E-state index in [1.165, 1.54) is 38.5 Å². The first-order valence-corrected chi connectivity index (χ1v) is 6.86. The van der Waals surface area contributed by atoms with Gasteiger partial charge in [0, 0.05) is 19.3 Å². The van der Waals surface area contributed by atoms with Crippen molar-refractivity contribution < 1.29 is 8.85 Å². The maximum Gasteiger partial charge on any atom is 0.327 e. The van der Waals surface area contributed by atoms with Crippen LogP contribution in [0.5, 0.6) is 0 Å². The molecule has 0 spiro atoms. The van der Waals surface area contributed by atoms with Crippen molar-refractivity contribution in [1.29, 1.82) is 0 Å². The first-order valence-electron chi connectivity index (χ1n) is 5.34. The minimum atomic E-state index is -1.40. The van der Waals surface area contributed by atoms with E-state index in [0.29, 0.717) is 5.04 Å². The summed E-state index contributed by atoms with van der Waals surface area (Å²) < 4.78 is 11.1. The molecule has 0 N–H and O–H groups in total. The van der Waals surface area contributed by atoms with Crippen LogP contribution < -0.4 is 0 Å². The van der Waals surface area contributed by atoms with Gasteiger partial charge in [0.15, 0.2) is 0 Å². The van der Waals surface area contributed by atoms with Gasteiger partial charge in [-0.3, -0.25) is 0 Å². The number of hydrogen-bond donors (Lipinski definition) is 0. The third kappa shape index (κ3) is 2.33. The molecule has 0 aromatic carbocycles. The highest BCUT2D eigenvalue weighted by atomic mass is 28.3. The molecular formula is C10H22O2Si. The average molecular weight is 202 g/mol. The van der Waals surface area contributed by atoms with E-state index in [9.17, 15) is 0 Å². The highest BCUT2D eigenvalue weighted by Crippen LogP contribution is 2.51. The second kappa shape index (κ2) is 5.13. The van der Waals surface area contributed by atoms with E-state index in [2.05, 4.69) is 6.92 Å². The van der Waals surface area contributed by atoms with E-state index >= 15 is 0 Å². The Bertz CT molecular complexity index is 140. The predicted molar refractivity (Wildman–Crippen MR) is 57.2 cm³/mol. The molecule has 0 aromatic rings. The van der Waals surface area contributed by atoms with Gasteiger partial charge in [0.2, 0.25) is 0 Å². The van der Waals surface area contributed by atoms with Gasteiger partial charge >= 0.3 is 9.28 Å². The Balaban J connectivity index is 2.63. The molecule has 0 unspecified atom stereocenters. The molecule has 13 heavy (non-hydrogen) atoms. The average Bonchev–Trinajstić information content (AvgIpc) is 2.57. The van der Waals surface area contributed by atoms with Crippen LogP contribution in [0.1, 0.15) is 45.4 Å². The Morgan fingerprint density at radius 3 is 2.08 bits per heavy atom. The van der Waals surface area contributed by atoms with Crippen molar-refractivity contribution >= 4 is 9.28 Å². The van der Waals surface area contributed by atoms with Crippen LogP contribution in [0.15, 0.2) is 0 Å². The summed E-state index contributed by atoms with van der Waals surface area (Å²) in [7, 11) is 2.23. The van der Waals surface area contributed by atoms with Crippen LogP contribution in [0, 0.1) is 0 Å². The largest absolute Gasteiger partial charge is 0.400 e. The summed E-state index contributed by atoms with van der Waals surface area (Å²) in [4.78, 5) is 0. The summed E-state index contributed by atoms with van der Waals surface area (Å²) in [5, 5.41) is 0.457. The van der Waals surface area contributed by atoms with Gasteiger partial charge < -0.3 is 8.85 Å².